The zero-order valence-corrected chi connectivity index (χ0v) is 10.9. The summed E-state index contributed by atoms with van der Waals surface area (Å²) in [6.45, 7) is 4.05. The molecule has 1 unspecified atom stereocenters. The van der Waals surface area contributed by atoms with Gasteiger partial charge in [0, 0.05) is 19.3 Å². The zero-order chi connectivity index (χ0) is 12.1. The molecule has 1 fully saturated rings. The number of rotatable bonds is 4. The second kappa shape index (κ2) is 6.18. The Balaban J connectivity index is 2.01. The number of likely N-dealkylation sites (N-methyl/N-ethyl adjacent to an activating group) is 1. The van der Waals surface area contributed by atoms with E-state index >= 15 is 0 Å². The van der Waals surface area contributed by atoms with Crippen molar-refractivity contribution >= 4 is 0 Å². The predicted molar refractivity (Wildman–Crippen MR) is 71.3 cm³/mol. The fourth-order valence-corrected chi connectivity index (χ4v) is 2.70. The van der Waals surface area contributed by atoms with Crippen LogP contribution in [-0.4, -0.2) is 26.3 Å². The van der Waals surface area contributed by atoms with Gasteiger partial charge in [0.1, 0.15) is 0 Å². The standard InChI is InChI=1S/C15H23NO/c1-12-5-3-4-6-14(12)11-15(16-2)13-7-9-17-10-8-13/h3-6,13,15-16H,7-11H2,1-2H3. The van der Waals surface area contributed by atoms with Crippen molar-refractivity contribution in [3.05, 3.63) is 35.4 Å². The van der Waals surface area contributed by atoms with Crippen molar-refractivity contribution in [2.24, 2.45) is 5.92 Å². The Labute approximate surface area is 104 Å². The molecular weight excluding hydrogens is 210 g/mol. The molecule has 0 bridgehead atoms. The normalized spacial score (nSPS) is 19.2. The molecule has 1 aliphatic heterocycles. The average Bonchev–Trinajstić information content (AvgIpc) is 2.39. The summed E-state index contributed by atoms with van der Waals surface area (Å²) >= 11 is 0. The Kier molecular flexibility index (Phi) is 4.57. The van der Waals surface area contributed by atoms with E-state index in [-0.39, 0.29) is 0 Å². The highest BCUT2D eigenvalue weighted by Gasteiger charge is 2.23. The fraction of sp³-hybridized carbons (Fsp3) is 0.600. The van der Waals surface area contributed by atoms with Gasteiger partial charge in [0.2, 0.25) is 0 Å². The summed E-state index contributed by atoms with van der Waals surface area (Å²) in [5, 5.41) is 3.49. The van der Waals surface area contributed by atoms with Crippen molar-refractivity contribution in [1.29, 1.82) is 0 Å². The van der Waals surface area contributed by atoms with Crippen LogP contribution in [0.25, 0.3) is 0 Å². The SMILES string of the molecule is CNC(Cc1ccccc1C)C1CCOCC1. The van der Waals surface area contributed by atoms with Gasteiger partial charge >= 0.3 is 0 Å². The minimum atomic E-state index is 0.583. The van der Waals surface area contributed by atoms with Crippen LogP contribution in [0.2, 0.25) is 0 Å². The van der Waals surface area contributed by atoms with Crippen molar-refractivity contribution in [3.8, 4) is 0 Å². The number of aryl methyl sites for hydroxylation is 1. The number of benzene rings is 1. The van der Waals surface area contributed by atoms with Gasteiger partial charge in [-0.2, -0.15) is 0 Å². The maximum Gasteiger partial charge on any atom is 0.0469 e. The summed E-state index contributed by atoms with van der Waals surface area (Å²) in [7, 11) is 2.08. The summed E-state index contributed by atoms with van der Waals surface area (Å²) in [4.78, 5) is 0. The van der Waals surface area contributed by atoms with Crippen molar-refractivity contribution in [2.45, 2.75) is 32.2 Å². The molecule has 0 aromatic heterocycles. The lowest BCUT2D eigenvalue weighted by molar-refractivity contribution is 0.0547. The van der Waals surface area contributed by atoms with E-state index < -0.39 is 0 Å². The van der Waals surface area contributed by atoms with Crippen molar-refractivity contribution in [3.63, 3.8) is 0 Å². The molecule has 17 heavy (non-hydrogen) atoms. The lowest BCUT2D eigenvalue weighted by atomic mass is 9.87. The van der Waals surface area contributed by atoms with Gasteiger partial charge in [-0.05, 0) is 50.3 Å². The van der Waals surface area contributed by atoms with Crippen LogP contribution in [0.15, 0.2) is 24.3 Å². The Morgan fingerprint density at radius 2 is 2.00 bits per heavy atom. The first-order valence-electron chi connectivity index (χ1n) is 6.61. The van der Waals surface area contributed by atoms with E-state index in [0.29, 0.717) is 6.04 Å². The van der Waals surface area contributed by atoms with Crippen LogP contribution in [0.5, 0.6) is 0 Å². The molecule has 0 amide bonds. The summed E-state index contributed by atoms with van der Waals surface area (Å²) in [6.07, 6.45) is 3.52. The quantitative estimate of drug-likeness (QED) is 0.863. The number of ether oxygens (including phenoxy) is 1. The van der Waals surface area contributed by atoms with Gasteiger partial charge in [0.15, 0.2) is 0 Å². The summed E-state index contributed by atoms with van der Waals surface area (Å²) < 4.78 is 5.44. The number of hydrogen-bond acceptors (Lipinski definition) is 2. The smallest absolute Gasteiger partial charge is 0.0469 e. The van der Waals surface area contributed by atoms with E-state index in [1.165, 1.54) is 24.0 Å². The topological polar surface area (TPSA) is 21.3 Å². The monoisotopic (exact) mass is 233 g/mol. The molecule has 2 heteroatoms. The van der Waals surface area contributed by atoms with Crippen molar-refractivity contribution in [2.75, 3.05) is 20.3 Å². The average molecular weight is 233 g/mol. The van der Waals surface area contributed by atoms with Gasteiger partial charge < -0.3 is 10.1 Å². The van der Waals surface area contributed by atoms with Crippen LogP contribution in [0.4, 0.5) is 0 Å². The van der Waals surface area contributed by atoms with E-state index in [4.69, 9.17) is 4.74 Å². The third kappa shape index (κ3) is 3.30. The summed E-state index contributed by atoms with van der Waals surface area (Å²) in [5.74, 6) is 0.758. The van der Waals surface area contributed by atoms with Crippen LogP contribution in [0.1, 0.15) is 24.0 Å². The minimum Gasteiger partial charge on any atom is -0.381 e. The Bertz CT molecular complexity index is 345. The molecule has 0 saturated carbocycles. The molecule has 0 radical (unpaired) electrons. The minimum absolute atomic E-state index is 0.583. The van der Waals surface area contributed by atoms with Crippen molar-refractivity contribution in [1.82, 2.24) is 5.32 Å². The molecule has 94 valence electrons. The van der Waals surface area contributed by atoms with Gasteiger partial charge in [0.25, 0.3) is 0 Å². The zero-order valence-electron chi connectivity index (χ0n) is 10.9. The third-order valence-electron chi connectivity index (χ3n) is 3.91. The van der Waals surface area contributed by atoms with Crippen LogP contribution in [-0.2, 0) is 11.2 Å². The van der Waals surface area contributed by atoms with E-state index in [2.05, 4.69) is 43.6 Å². The van der Waals surface area contributed by atoms with Gasteiger partial charge in [0.05, 0.1) is 0 Å². The molecule has 2 rings (SSSR count). The Hall–Kier alpha value is -0.860. The van der Waals surface area contributed by atoms with Crippen LogP contribution in [0, 0.1) is 12.8 Å². The second-order valence-electron chi connectivity index (χ2n) is 4.98. The lowest BCUT2D eigenvalue weighted by Gasteiger charge is -2.30. The summed E-state index contributed by atoms with van der Waals surface area (Å²) in [6, 6.07) is 9.28. The van der Waals surface area contributed by atoms with Crippen molar-refractivity contribution < 1.29 is 4.74 Å². The number of nitrogens with one attached hydrogen (secondary N) is 1. The first-order valence-corrected chi connectivity index (χ1v) is 6.61. The number of hydrogen-bond donors (Lipinski definition) is 1. The predicted octanol–water partition coefficient (Wildman–Crippen LogP) is 2.55. The second-order valence-corrected chi connectivity index (χ2v) is 4.98. The molecule has 1 aromatic carbocycles. The van der Waals surface area contributed by atoms with Gasteiger partial charge in [-0.3, -0.25) is 0 Å². The third-order valence-corrected chi connectivity index (χ3v) is 3.91. The lowest BCUT2D eigenvalue weighted by Crippen LogP contribution is -2.38. The first-order chi connectivity index (χ1) is 8.31. The van der Waals surface area contributed by atoms with Crippen LogP contribution in [0.3, 0.4) is 0 Å². The molecule has 1 aromatic rings. The first kappa shape index (κ1) is 12.6. The maximum atomic E-state index is 5.44. The van der Waals surface area contributed by atoms with Crippen LogP contribution >= 0.6 is 0 Å². The van der Waals surface area contributed by atoms with E-state index in [1.54, 1.807) is 0 Å². The van der Waals surface area contributed by atoms with Gasteiger partial charge in [-0.1, -0.05) is 24.3 Å². The molecule has 0 spiro atoms. The highest BCUT2D eigenvalue weighted by atomic mass is 16.5. The van der Waals surface area contributed by atoms with Gasteiger partial charge in [-0.15, -0.1) is 0 Å². The molecule has 1 saturated heterocycles. The molecule has 0 aliphatic carbocycles. The molecule has 1 heterocycles. The van der Waals surface area contributed by atoms with E-state index in [0.717, 1.165) is 25.6 Å². The van der Waals surface area contributed by atoms with Crippen LogP contribution < -0.4 is 5.32 Å². The molecule has 1 aliphatic rings. The van der Waals surface area contributed by atoms with Gasteiger partial charge in [-0.25, -0.2) is 0 Å². The molecule has 1 atom stereocenters. The molecular formula is C15H23NO. The fourth-order valence-electron chi connectivity index (χ4n) is 2.70. The maximum absolute atomic E-state index is 5.44. The Morgan fingerprint density at radius 1 is 1.29 bits per heavy atom. The van der Waals surface area contributed by atoms with E-state index in [1.807, 2.05) is 0 Å². The highest BCUT2D eigenvalue weighted by Crippen LogP contribution is 2.22. The Morgan fingerprint density at radius 3 is 2.65 bits per heavy atom. The van der Waals surface area contributed by atoms with E-state index in [9.17, 15) is 0 Å². The highest BCUT2D eigenvalue weighted by molar-refractivity contribution is 5.26. The molecule has 2 nitrogen and oxygen atoms in total. The summed E-state index contributed by atoms with van der Waals surface area (Å²) in [5.41, 5.74) is 2.87. The largest absolute Gasteiger partial charge is 0.381 e. The molecule has 1 N–H and O–H groups in total.